The number of rotatable bonds is 12. The molecule has 0 aliphatic carbocycles. The predicted molar refractivity (Wildman–Crippen MR) is 162 cm³/mol. The second-order valence-electron chi connectivity index (χ2n) is 9.49. The lowest BCUT2D eigenvalue weighted by Crippen LogP contribution is -2.44. The largest absolute Gasteiger partial charge is 0.469 e. The molecule has 3 amide bonds. The number of nitrogens with one attached hydrogen (secondary N) is 3. The van der Waals surface area contributed by atoms with Gasteiger partial charge in [-0.15, -0.1) is 5.10 Å². The van der Waals surface area contributed by atoms with Gasteiger partial charge in [0, 0.05) is 40.5 Å². The number of esters is 1. The second-order valence-corrected chi connectivity index (χ2v) is 9.92. The van der Waals surface area contributed by atoms with E-state index in [2.05, 4.69) is 36.2 Å². The maximum Gasteiger partial charge on any atom is 0.411 e. The Bertz CT molecular complexity index is 1720. The number of amides is 3. The van der Waals surface area contributed by atoms with E-state index in [1.807, 2.05) is 0 Å². The van der Waals surface area contributed by atoms with Crippen LogP contribution in [0.2, 0.25) is 5.02 Å². The van der Waals surface area contributed by atoms with Crippen molar-refractivity contribution in [2.24, 2.45) is 0 Å². The zero-order valence-corrected chi connectivity index (χ0v) is 24.8. The van der Waals surface area contributed by atoms with Gasteiger partial charge in [-0.05, 0) is 76.7 Å². The number of carbonyl (C=O) groups excluding carboxylic acids is 4. The predicted octanol–water partition coefficient (Wildman–Crippen LogP) is 4.08. The molecule has 1 atom stereocenters. The molecular formula is C30H26ClF2N7O6. The Morgan fingerprint density at radius 1 is 0.978 bits per heavy atom. The van der Waals surface area contributed by atoms with Gasteiger partial charge in [0.15, 0.2) is 0 Å². The number of anilines is 2. The quantitative estimate of drug-likeness (QED) is 0.151. The summed E-state index contributed by atoms with van der Waals surface area (Å²) in [5.41, 5.74) is 1.76. The number of ether oxygens (including phenoxy) is 2. The summed E-state index contributed by atoms with van der Waals surface area (Å²) in [4.78, 5) is 49.3. The SMILES string of the molecule is COC(=O)CCOC(=O)Nc1ccc(NC(=O)C(Cc2cc(F)cc(F)c2)NC(=O)C=Cc2cc(Cl)ccc2-n2cnnn2)cc1. The molecule has 0 fully saturated rings. The standard InChI is InChI=1S/C30H26ClF2N7O6/c1-45-28(42)10-11-46-30(44)36-24-6-4-23(5-7-24)35-29(43)25(14-18-12-21(32)16-22(33)13-18)37-27(41)9-2-19-15-20(31)3-8-26(19)40-17-34-38-39-40/h2-9,12-13,15-17,25H,10-11,14H2,1H3,(H,35,43)(H,36,44)(H,37,41). The minimum atomic E-state index is -1.26. The van der Waals surface area contributed by atoms with E-state index in [-0.39, 0.29) is 25.0 Å². The molecule has 0 aliphatic heterocycles. The van der Waals surface area contributed by atoms with E-state index >= 15 is 0 Å². The number of benzene rings is 3. The van der Waals surface area contributed by atoms with Gasteiger partial charge >= 0.3 is 12.1 Å². The highest BCUT2D eigenvalue weighted by Gasteiger charge is 2.22. The highest BCUT2D eigenvalue weighted by molar-refractivity contribution is 6.30. The summed E-state index contributed by atoms with van der Waals surface area (Å²) in [6.45, 7) is -0.177. The van der Waals surface area contributed by atoms with Crippen LogP contribution in [0.1, 0.15) is 17.5 Å². The topological polar surface area (TPSA) is 166 Å². The van der Waals surface area contributed by atoms with E-state index < -0.39 is 41.6 Å². The van der Waals surface area contributed by atoms with E-state index in [1.54, 1.807) is 18.2 Å². The molecule has 0 radical (unpaired) electrons. The van der Waals surface area contributed by atoms with Crippen LogP contribution >= 0.6 is 11.6 Å². The molecule has 1 unspecified atom stereocenters. The van der Waals surface area contributed by atoms with Crippen molar-refractivity contribution >= 4 is 52.9 Å². The van der Waals surface area contributed by atoms with E-state index in [1.165, 1.54) is 48.5 Å². The Balaban J connectivity index is 1.45. The van der Waals surface area contributed by atoms with Crippen LogP contribution in [0.4, 0.5) is 25.0 Å². The van der Waals surface area contributed by atoms with Crippen LogP contribution in [0.15, 0.2) is 73.1 Å². The van der Waals surface area contributed by atoms with Gasteiger partial charge in [-0.25, -0.2) is 13.6 Å². The fourth-order valence-electron chi connectivity index (χ4n) is 4.05. The highest BCUT2D eigenvalue weighted by Crippen LogP contribution is 2.21. The average molecular weight is 654 g/mol. The van der Waals surface area contributed by atoms with Gasteiger partial charge in [-0.2, -0.15) is 4.68 Å². The third-order valence-corrected chi connectivity index (χ3v) is 6.40. The van der Waals surface area contributed by atoms with E-state index in [0.29, 0.717) is 33.7 Å². The van der Waals surface area contributed by atoms with Crippen LogP contribution in [0.5, 0.6) is 0 Å². The molecule has 46 heavy (non-hydrogen) atoms. The number of tetrazole rings is 1. The Kier molecular flexibility index (Phi) is 11.4. The number of methoxy groups -OCH3 is 1. The minimum Gasteiger partial charge on any atom is -0.469 e. The van der Waals surface area contributed by atoms with Gasteiger partial charge in [0.25, 0.3) is 0 Å². The Hall–Kier alpha value is -5.70. The van der Waals surface area contributed by atoms with Gasteiger partial charge in [0.1, 0.15) is 30.6 Å². The molecule has 13 nitrogen and oxygen atoms in total. The molecule has 4 aromatic rings. The number of hydrogen-bond acceptors (Lipinski definition) is 9. The van der Waals surface area contributed by atoms with Gasteiger partial charge in [0.05, 0.1) is 19.2 Å². The number of aromatic nitrogens is 4. The Morgan fingerprint density at radius 2 is 1.67 bits per heavy atom. The number of hydrogen-bond donors (Lipinski definition) is 3. The van der Waals surface area contributed by atoms with Crippen LogP contribution in [0.25, 0.3) is 11.8 Å². The molecule has 3 aromatic carbocycles. The van der Waals surface area contributed by atoms with Crippen LogP contribution in [-0.4, -0.2) is 63.8 Å². The van der Waals surface area contributed by atoms with Crippen LogP contribution in [0.3, 0.4) is 0 Å². The molecule has 0 saturated carbocycles. The molecule has 0 aliphatic rings. The van der Waals surface area contributed by atoms with Crippen molar-refractivity contribution in [3.8, 4) is 5.69 Å². The molecule has 16 heteroatoms. The van der Waals surface area contributed by atoms with Crippen molar-refractivity contribution in [3.05, 3.63) is 101 Å². The lowest BCUT2D eigenvalue weighted by atomic mass is 10.0. The molecule has 0 spiro atoms. The monoisotopic (exact) mass is 653 g/mol. The van der Waals surface area contributed by atoms with Gasteiger partial charge in [-0.1, -0.05) is 11.6 Å². The zero-order chi connectivity index (χ0) is 33.1. The van der Waals surface area contributed by atoms with Gasteiger partial charge in [0.2, 0.25) is 11.8 Å². The van der Waals surface area contributed by atoms with Gasteiger partial charge < -0.3 is 20.1 Å². The number of halogens is 3. The third-order valence-electron chi connectivity index (χ3n) is 6.16. The van der Waals surface area contributed by atoms with Crippen molar-refractivity contribution in [1.82, 2.24) is 25.5 Å². The second kappa shape index (κ2) is 15.9. The van der Waals surface area contributed by atoms with Crippen LogP contribution in [0, 0.1) is 11.6 Å². The lowest BCUT2D eigenvalue weighted by Gasteiger charge is -2.18. The summed E-state index contributed by atoms with van der Waals surface area (Å²) in [6.07, 6.45) is 2.82. The van der Waals surface area contributed by atoms with Crippen molar-refractivity contribution in [2.75, 3.05) is 24.4 Å². The maximum atomic E-state index is 13.9. The molecule has 0 saturated heterocycles. The lowest BCUT2D eigenvalue weighted by molar-refractivity contribution is -0.141. The summed E-state index contributed by atoms with van der Waals surface area (Å²) in [5, 5.41) is 19.1. The van der Waals surface area contributed by atoms with E-state index in [9.17, 15) is 28.0 Å². The summed E-state index contributed by atoms with van der Waals surface area (Å²) >= 11 is 6.13. The summed E-state index contributed by atoms with van der Waals surface area (Å²) < 4.78 is 38.6. The van der Waals surface area contributed by atoms with Crippen molar-refractivity contribution < 1.29 is 37.4 Å². The van der Waals surface area contributed by atoms with Gasteiger partial charge in [-0.3, -0.25) is 19.7 Å². The number of carbonyl (C=O) groups is 4. The van der Waals surface area contributed by atoms with E-state index in [4.69, 9.17) is 16.3 Å². The first-order valence-corrected chi connectivity index (χ1v) is 13.9. The van der Waals surface area contributed by atoms with Crippen LogP contribution in [-0.2, 0) is 30.3 Å². The van der Waals surface area contributed by atoms with Crippen molar-refractivity contribution in [3.63, 3.8) is 0 Å². The fraction of sp³-hybridized carbons (Fsp3) is 0.167. The minimum absolute atomic E-state index is 0.104. The molecular weight excluding hydrogens is 628 g/mol. The summed E-state index contributed by atoms with van der Waals surface area (Å²) in [5.74, 6) is -3.60. The average Bonchev–Trinajstić information content (AvgIpc) is 3.55. The zero-order valence-electron chi connectivity index (χ0n) is 24.1. The van der Waals surface area contributed by atoms with E-state index in [0.717, 1.165) is 18.2 Å². The first-order valence-electron chi connectivity index (χ1n) is 13.5. The Morgan fingerprint density at radius 3 is 2.33 bits per heavy atom. The number of nitrogens with zero attached hydrogens (tertiary/aromatic N) is 4. The molecule has 1 aromatic heterocycles. The highest BCUT2D eigenvalue weighted by atomic mass is 35.5. The fourth-order valence-corrected chi connectivity index (χ4v) is 4.23. The Labute approximate surface area is 265 Å². The first kappa shape index (κ1) is 33.2. The maximum absolute atomic E-state index is 13.9. The van der Waals surface area contributed by atoms with Crippen LogP contribution < -0.4 is 16.0 Å². The smallest absolute Gasteiger partial charge is 0.411 e. The molecule has 4 rings (SSSR count). The van der Waals surface area contributed by atoms with Crippen molar-refractivity contribution in [2.45, 2.75) is 18.9 Å². The van der Waals surface area contributed by atoms with Crippen molar-refractivity contribution in [1.29, 1.82) is 0 Å². The third kappa shape index (κ3) is 9.92. The summed E-state index contributed by atoms with van der Waals surface area (Å²) in [6, 6.07) is 12.3. The normalized spacial score (nSPS) is 11.5. The molecule has 238 valence electrons. The summed E-state index contributed by atoms with van der Waals surface area (Å²) in [7, 11) is 1.22. The molecule has 0 bridgehead atoms. The molecule has 1 heterocycles. The molecule has 3 N–H and O–H groups in total. The first-order chi connectivity index (χ1) is 22.1.